The van der Waals surface area contributed by atoms with Gasteiger partial charge in [0.15, 0.2) is 0 Å². The number of rotatable bonds is 4. The molecule has 2 heterocycles. The molecule has 7 heteroatoms. The van der Waals surface area contributed by atoms with E-state index in [1.807, 2.05) is 6.07 Å². The lowest BCUT2D eigenvalue weighted by Gasteiger charge is -2.44. The lowest BCUT2D eigenvalue weighted by molar-refractivity contribution is 0.0526. The lowest BCUT2D eigenvalue weighted by atomic mass is 9.64. The van der Waals surface area contributed by atoms with Gasteiger partial charge in [-0.05, 0) is 31.4 Å². The molecule has 2 aromatic rings. The highest BCUT2D eigenvalue weighted by Crippen LogP contribution is 2.53. The highest BCUT2D eigenvalue weighted by molar-refractivity contribution is 7.86. The molecule has 0 radical (unpaired) electrons. The van der Waals surface area contributed by atoms with Crippen molar-refractivity contribution >= 4 is 27.5 Å². The SMILES string of the molecule is Cc1ccc(CN2CC3(CC(OS(C)(=O)=O)C3)c3cc(Cl)cnc32)cc1. The molecule has 2 aliphatic rings. The van der Waals surface area contributed by atoms with Crippen LogP contribution in [0.25, 0.3) is 0 Å². The molecule has 0 amide bonds. The Labute approximate surface area is 159 Å². The number of aryl methyl sites for hydroxylation is 1. The molecule has 0 saturated heterocycles. The summed E-state index contributed by atoms with van der Waals surface area (Å²) in [4.78, 5) is 6.82. The van der Waals surface area contributed by atoms with Gasteiger partial charge in [0.2, 0.25) is 0 Å². The number of nitrogens with zero attached hydrogens (tertiary/aromatic N) is 2. The van der Waals surface area contributed by atoms with E-state index >= 15 is 0 Å². The second kappa shape index (κ2) is 6.22. The van der Waals surface area contributed by atoms with Crippen molar-refractivity contribution < 1.29 is 12.6 Å². The summed E-state index contributed by atoms with van der Waals surface area (Å²) in [5, 5.41) is 0.604. The van der Waals surface area contributed by atoms with Gasteiger partial charge in [-0.2, -0.15) is 8.42 Å². The van der Waals surface area contributed by atoms with Crippen molar-refractivity contribution in [3.05, 3.63) is 58.2 Å². The van der Waals surface area contributed by atoms with Crippen molar-refractivity contribution in [3.63, 3.8) is 0 Å². The van der Waals surface area contributed by atoms with E-state index < -0.39 is 10.1 Å². The largest absolute Gasteiger partial charge is 0.351 e. The zero-order valence-electron chi connectivity index (χ0n) is 14.8. The maximum absolute atomic E-state index is 11.4. The van der Waals surface area contributed by atoms with Gasteiger partial charge in [0.05, 0.1) is 17.4 Å². The number of hydrogen-bond acceptors (Lipinski definition) is 5. The van der Waals surface area contributed by atoms with Crippen molar-refractivity contribution in [2.45, 2.75) is 37.8 Å². The smallest absolute Gasteiger partial charge is 0.264 e. The predicted octanol–water partition coefficient (Wildman–Crippen LogP) is 3.44. The summed E-state index contributed by atoms with van der Waals surface area (Å²) in [6.45, 7) is 3.64. The number of halogens is 1. The van der Waals surface area contributed by atoms with E-state index in [0.717, 1.165) is 30.7 Å². The molecular weight excluding hydrogens is 372 g/mol. The normalized spacial score (nSPS) is 24.6. The number of fused-ring (bicyclic) bond motifs is 2. The van der Waals surface area contributed by atoms with Gasteiger partial charge in [-0.25, -0.2) is 4.98 Å². The molecule has 1 spiro atoms. The van der Waals surface area contributed by atoms with Crippen LogP contribution >= 0.6 is 11.6 Å². The van der Waals surface area contributed by atoms with Crippen LogP contribution in [0.1, 0.15) is 29.5 Å². The Bertz CT molecular complexity index is 938. The van der Waals surface area contributed by atoms with Crippen LogP contribution in [0.4, 0.5) is 5.82 Å². The third-order valence-electron chi connectivity index (χ3n) is 5.24. The van der Waals surface area contributed by atoms with Gasteiger partial charge in [-0.3, -0.25) is 4.18 Å². The fourth-order valence-corrected chi connectivity index (χ4v) is 4.91. The second-order valence-electron chi connectivity index (χ2n) is 7.48. The predicted molar refractivity (Wildman–Crippen MR) is 102 cm³/mol. The van der Waals surface area contributed by atoms with Crippen molar-refractivity contribution in [1.29, 1.82) is 0 Å². The average Bonchev–Trinajstić information content (AvgIpc) is 2.82. The maximum atomic E-state index is 11.4. The van der Waals surface area contributed by atoms with Crippen LogP contribution < -0.4 is 4.90 Å². The van der Waals surface area contributed by atoms with Crippen molar-refractivity contribution in [2.24, 2.45) is 0 Å². The summed E-state index contributed by atoms with van der Waals surface area (Å²) in [6.07, 6.45) is 3.84. The fraction of sp³-hybridized carbons (Fsp3) is 0.421. The van der Waals surface area contributed by atoms with Crippen molar-refractivity contribution in [3.8, 4) is 0 Å². The number of hydrogen-bond donors (Lipinski definition) is 0. The van der Waals surface area contributed by atoms with E-state index in [4.69, 9.17) is 15.8 Å². The Hall–Kier alpha value is -1.63. The molecule has 1 aliphatic carbocycles. The third kappa shape index (κ3) is 3.33. The van der Waals surface area contributed by atoms with Crippen LogP contribution in [0, 0.1) is 6.92 Å². The molecule has 1 fully saturated rings. The summed E-state index contributed by atoms with van der Waals surface area (Å²) < 4.78 is 28.0. The van der Waals surface area contributed by atoms with E-state index in [1.165, 1.54) is 11.1 Å². The molecule has 1 aliphatic heterocycles. The lowest BCUT2D eigenvalue weighted by Crippen LogP contribution is -2.49. The Morgan fingerprint density at radius 1 is 1.31 bits per heavy atom. The Balaban J connectivity index is 1.59. The van der Waals surface area contributed by atoms with E-state index in [-0.39, 0.29) is 11.5 Å². The summed E-state index contributed by atoms with van der Waals surface area (Å²) in [7, 11) is -3.44. The van der Waals surface area contributed by atoms with Crippen molar-refractivity contribution in [1.82, 2.24) is 4.98 Å². The minimum absolute atomic E-state index is 0.132. The van der Waals surface area contributed by atoms with Gasteiger partial charge < -0.3 is 4.90 Å². The quantitative estimate of drug-likeness (QED) is 0.746. The first kappa shape index (κ1) is 17.8. The Morgan fingerprint density at radius 3 is 2.65 bits per heavy atom. The molecule has 0 N–H and O–H groups in total. The standard InChI is InChI=1S/C19H21ClN2O3S/c1-13-3-5-14(6-4-13)11-22-12-19(8-16(9-19)25-26(2,23)24)17-7-15(20)10-21-18(17)22/h3-7,10,16H,8-9,11-12H2,1-2H3. The molecular formula is C19H21ClN2O3S. The minimum Gasteiger partial charge on any atom is -0.351 e. The van der Waals surface area contributed by atoms with E-state index in [9.17, 15) is 8.42 Å². The maximum Gasteiger partial charge on any atom is 0.264 e. The molecule has 5 nitrogen and oxygen atoms in total. The van der Waals surface area contributed by atoms with E-state index in [0.29, 0.717) is 17.9 Å². The summed E-state index contributed by atoms with van der Waals surface area (Å²) in [5.41, 5.74) is 3.42. The highest BCUT2D eigenvalue weighted by atomic mass is 35.5. The van der Waals surface area contributed by atoms with E-state index in [2.05, 4.69) is 41.1 Å². The molecule has 0 bridgehead atoms. The highest BCUT2D eigenvalue weighted by Gasteiger charge is 2.53. The summed E-state index contributed by atoms with van der Waals surface area (Å²) >= 11 is 6.19. The van der Waals surface area contributed by atoms with Crippen LogP contribution in [0.15, 0.2) is 36.5 Å². The van der Waals surface area contributed by atoms with Crippen LogP contribution in [0.2, 0.25) is 5.02 Å². The molecule has 1 saturated carbocycles. The van der Waals surface area contributed by atoms with Crippen LogP contribution in [-0.4, -0.2) is 32.3 Å². The van der Waals surface area contributed by atoms with Gasteiger partial charge in [0.25, 0.3) is 10.1 Å². The number of anilines is 1. The van der Waals surface area contributed by atoms with Gasteiger partial charge in [0.1, 0.15) is 5.82 Å². The molecule has 4 rings (SSSR count). The van der Waals surface area contributed by atoms with Crippen LogP contribution in [0.3, 0.4) is 0 Å². The molecule has 1 aromatic carbocycles. The van der Waals surface area contributed by atoms with Gasteiger partial charge in [-0.1, -0.05) is 41.4 Å². The van der Waals surface area contributed by atoms with Gasteiger partial charge in [0, 0.05) is 30.3 Å². The van der Waals surface area contributed by atoms with Gasteiger partial charge >= 0.3 is 0 Å². The van der Waals surface area contributed by atoms with Crippen LogP contribution in [-0.2, 0) is 26.3 Å². The fourth-order valence-electron chi connectivity index (χ4n) is 4.12. The zero-order chi connectivity index (χ0) is 18.5. The first-order valence-corrected chi connectivity index (χ1v) is 10.8. The summed E-state index contributed by atoms with van der Waals surface area (Å²) in [5.74, 6) is 0.938. The zero-order valence-corrected chi connectivity index (χ0v) is 16.3. The summed E-state index contributed by atoms with van der Waals surface area (Å²) in [6, 6.07) is 10.4. The molecule has 138 valence electrons. The van der Waals surface area contributed by atoms with Gasteiger partial charge in [-0.15, -0.1) is 0 Å². The Morgan fingerprint density at radius 2 is 2.00 bits per heavy atom. The first-order valence-electron chi connectivity index (χ1n) is 8.59. The minimum atomic E-state index is -3.44. The molecule has 26 heavy (non-hydrogen) atoms. The van der Waals surface area contributed by atoms with Crippen LogP contribution in [0.5, 0.6) is 0 Å². The molecule has 1 aromatic heterocycles. The third-order valence-corrected chi connectivity index (χ3v) is 6.07. The monoisotopic (exact) mass is 392 g/mol. The molecule has 0 unspecified atom stereocenters. The number of pyridine rings is 1. The average molecular weight is 393 g/mol. The van der Waals surface area contributed by atoms with Crippen molar-refractivity contribution in [2.75, 3.05) is 17.7 Å². The number of aromatic nitrogens is 1. The number of benzene rings is 1. The van der Waals surface area contributed by atoms with E-state index in [1.54, 1.807) is 6.20 Å². The Kier molecular flexibility index (Phi) is 4.25. The topological polar surface area (TPSA) is 59.5 Å². The second-order valence-corrected chi connectivity index (χ2v) is 9.51. The first-order chi connectivity index (χ1) is 12.2. The molecule has 0 atom stereocenters.